The molecule has 0 bridgehead atoms. The Morgan fingerprint density at radius 2 is 1.80 bits per heavy atom. The molecule has 7 heteroatoms. The number of fused-ring (bicyclic) bond motifs is 1. The van der Waals surface area contributed by atoms with Crippen LogP contribution in [0.3, 0.4) is 0 Å². The molecule has 0 radical (unpaired) electrons. The van der Waals surface area contributed by atoms with E-state index in [2.05, 4.69) is 9.97 Å². The fourth-order valence-electron chi connectivity index (χ4n) is 1.69. The van der Waals surface area contributed by atoms with Crippen LogP contribution in [-0.4, -0.2) is 24.2 Å². The molecule has 0 aliphatic heterocycles. The largest absolute Gasteiger partial charge is 0.508 e. The van der Waals surface area contributed by atoms with Gasteiger partial charge in [0, 0.05) is 14.1 Å². The van der Waals surface area contributed by atoms with Gasteiger partial charge in [-0.1, -0.05) is 18.2 Å². The third-order valence-corrected chi connectivity index (χ3v) is 2.73. The van der Waals surface area contributed by atoms with Crippen LogP contribution in [0.4, 0.5) is 0 Å². The first-order valence-electron chi connectivity index (χ1n) is 5.85. The van der Waals surface area contributed by atoms with Crippen LogP contribution >= 0.6 is 0 Å². The van der Waals surface area contributed by atoms with Crippen molar-refractivity contribution in [1.82, 2.24) is 19.1 Å². The zero-order valence-corrected chi connectivity index (χ0v) is 11.1. The molecule has 2 N–H and O–H groups in total. The van der Waals surface area contributed by atoms with Crippen molar-refractivity contribution >= 4 is 11.2 Å². The monoisotopic (exact) mass is 274 g/mol. The number of phenolic OH excluding ortho intramolecular Hbond substituents is 1. The molecule has 7 nitrogen and oxygen atoms in total. The van der Waals surface area contributed by atoms with Crippen LogP contribution in [-0.2, 0) is 14.1 Å². The molecule has 0 amide bonds. The van der Waals surface area contributed by atoms with E-state index in [9.17, 15) is 9.59 Å². The highest BCUT2D eigenvalue weighted by Crippen LogP contribution is 2.03. The van der Waals surface area contributed by atoms with Gasteiger partial charge in [0.2, 0.25) is 0 Å². The van der Waals surface area contributed by atoms with Gasteiger partial charge in [-0.25, -0.2) is 9.78 Å². The molecule has 0 saturated carbocycles. The SMILES string of the molecule is Cn1cnc2c1c(=O)[nH]c(=O)n2C.Oc1ccccc1. The summed E-state index contributed by atoms with van der Waals surface area (Å²) in [6, 6.07) is 8.71. The number of nitrogens with one attached hydrogen (secondary N) is 1. The smallest absolute Gasteiger partial charge is 0.329 e. The van der Waals surface area contributed by atoms with Gasteiger partial charge < -0.3 is 9.67 Å². The molecule has 0 spiro atoms. The summed E-state index contributed by atoms with van der Waals surface area (Å²) in [5.74, 6) is 0.322. The van der Waals surface area contributed by atoms with Crippen LogP contribution in [0.25, 0.3) is 11.2 Å². The molecule has 0 atom stereocenters. The second kappa shape index (κ2) is 5.43. The van der Waals surface area contributed by atoms with E-state index in [0.29, 0.717) is 16.9 Å². The number of phenols is 1. The lowest BCUT2D eigenvalue weighted by atomic mass is 10.3. The second-order valence-electron chi connectivity index (χ2n) is 4.18. The zero-order valence-electron chi connectivity index (χ0n) is 11.1. The minimum Gasteiger partial charge on any atom is -0.508 e. The first-order valence-corrected chi connectivity index (χ1v) is 5.85. The van der Waals surface area contributed by atoms with Gasteiger partial charge in [0.1, 0.15) is 5.75 Å². The normalized spacial score (nSPS) is 10.1. The number of para-hydroxylation sites is 1. The summed E-state index contributed by atoms with van der Waals surface area (Å²) in [4.78, 5) is 28.6. The Balaban J connectivity index is 0.000000178. The summed E-state index contributed by atoms with van der Waals surface area (Å²) in [5, 5.41) is 8.63. The van der Waals surface area contributed by atoms with Crippen molar-refractivity contribution in [2.75, 3.05) is 0 Å². The van der Waals surface area contributed by atoms with Gasteiger partial charge in [-0.2, -0.15) is 0 Å². The molecule has 0 fully saturated rings. The van der Waals surface area contributed by atoms with Crippen molar-refractivity contribution in [3.05, 3.63) is 57.5 Å². The van der Waals surface area contributed by atoms with E-state index in [0.717, 1.165) is 0 Å². The fourth-order valence-corrected chi connectivity index (χ4v) is 1.69. The molecular weight excluding hydrogens is 260 g/mol. The highest BCUT2D eigenvalue weighted by atomic mass is 16.3. The predicted octanol–water partition coefficient (Wildman–Crippen LogP) is 0.352. The van der Waals surface area contributed by atoms with Crippen molar-refractivity contribution < 1.29 is 5.11 Å². The number of aromatic amines is 1. The molecule has 1 aromatic carbocycles. The third-order valence-electron chi connectivity index (χ3n) is 2.73. The van der Waals surface area contributed by atoms with Gasteiger partial charge in [0.15, 0.2) is 11.2 Å². The van der Waals surface area contributed by atoms with Gasteiger partial charge in [-0.15, -0.1) is 0 Å². The molecule has 20 heavy (non-hydrogen) atoms. The molecule has 0 unspecified atom stereocenters. The first kappa shape index (κ1) is 13.6. The Kier molecular flexibility index (Phi) is 3.69. The lowest BCUT2D eigenvalue weighted by Crippen LogP contribution is -2.28. The Morgan fingerprint density at radius 3 is 2.35 bits per heavy atom. The van der Waals surface area contributed by atoms with Gasteiger partial charge in [-0.3, -0.25) is 14.3 Å². The maximum Gasteiger partial charge on any atom is 0.329 e. The van der Waals surface area contributed by atoms with Crippen molar-refractivity contribution in [2.45, 2.75) is 0 Å². The molecule has 0 saturated heterocycles. The number of rotatable bonds is 0. The minimum atomic E-state index is -0.448. The van der Waals surface area contributed by atoms with Crippen LogP contribution < -0.4 is 11.2 Å². The quantitative estimate of drug-likeness (QED) is 0.618. The third kappa shape index (κ3) is 2.61. The maximum atomic E-state index is 11.3. The Hall–Kier alpha value is -2.83. The second-order valence-corrected chi connectivity index (χ2v) is 4.18. The number of aryl methyl sites for hydroxylation is 2. The van der Waals surface area contributed by atoms with Crippen molar-refractivity contribution in [3.8, 4) is 5.75 Å². The number of nitrogens with zero attached hydrogens (tertiary/aromatic N) is 3. The van der Waals surface area contributed by atoms with Gasteiger partial charge in [0.05, 0.1) is 6.33 Å². The topological polar surface area (TPSA) is 92.9 Å². The summed E-state index contributed by atoms with van der Waals surface area (Å²) in [5.41, 5.74) is -0.0485. The average Bonchev–Trinajstić information content (AvgIpc) is 2.80. The fraction of sp³-hybridized carbons (Fsp3) is 0.154. The van der Waals surface area contributed by atoms with Crippen LogP contribution in [0.5, 0.6) is 5.75 Å². The number of imidazole rings is 1. The predicted molar refractivity (Wildman–Crippen MR) is 74.7 cm³/mol. The molecule has 0 aliphatic rings. The van der Waals surface area contributed by atoms with Crippen molar-refractivity contribution in [2.24, 2.45) is 14.1 Å². The summed E-state index contributed by atoms with van der Waals surface area (Å²) < 4.78 is 2.88. The van der Waals surface area contributed by atoms with Gasteiger partial charge >= 0.3 is 5.69 Å². The van der Waals surface area contributed by atoms with E-state index in [1.807, 2.05) is 6.07 Å². The average molecular weight is 274 g/mol. The molecule has 2 aromatic heterocycles. The Labute approximate surface area is 113 Å². The summed E-state index contributed by atoms with van der Waals surface area (Å²) in [6.07, 6.45) is 1.50. The van der Waals surface area contributed by atoms with E-state index < -0.39 is 11.2 Å². The number of hydrogen-bond acceptors (Lipinski definition) is 4. The molecular formula is C13H14N4O3. The molecule has 0 aliphatic carbocycles. The zero-order chi connectivity index (χ0) is 14.7. The lowest BCUT2D eigenvalue weighted by Gasteiger charge is -1.97. The number of benzene rings is 1. The number of aromatic nitrogens is 4. The van der Waals surface area contributed by atoms with Crippen molar-refractivity contribution in [1.29, 1.82) is 0 Å². The van der Waals surface area contributed by atoms with Gasteiger partial charge in [-0.05, 0) is 12.1 Å². The van der Waals surface area contributed by atoms with E-state index in [1.165, 1.54) is 10.9 Å². The van der Waals surface area contributed by atoms with E-state index in [4.69, 9.17) is 5.11 Å². The Morgan fingerprint density at radius 1 is 1.15 bits per heavy atom. The van der Waals surface area contributed by atoms with E-state index in [-0.39, 0.29) is 0 Å². The maximum absolute atomic E-state index is 11.3. The molecule has 2 heterocycles. The van der Waals surface area contributed by atoms with E-state index >= 15 is 0 Å². The number of H-pyrrole nitrogens is 1. The van der Waals surface area contributed by atoms with Crippen LogP contribution in [0, 0.1) is 0 Å². The standard InChI is InChI=1S/C7H8N4O2.C6H6O/c1-10-3-8-5-4(10)6(12)9-7(13)11(5)2;7-6-4-2-1-3-5-6/h3H,1-2H3,(H,9,12,13);1-5,7H. The molecule has 3 aromatic rings. The van der Waals surface area contributed by atoms with E-state index in [1.54, 1.807) is 42.9 Å². The highest BCUT2D eigenvalue weighted by molar-refractivity contribution is 5.69. The highest BCUT2D eigenvalue weighted by Gasteiger charge is 2.08. The van der Waals surface area contributed by atoms with Crippen molar-refractivity contribution in [3.63, 3.8) is 0 Å². The summed E-state index contributed by atoms with van der Waals surface area (Å²) in [7, 11) is 3.27. The minimum absolute atomic E-state index is 0.322. The van der Waals surface area contributed by atoms with Crippen LogP contribution in [0.2, 0.25) is 0 Å². The molecule has 3 rings (SSSR count). The summed E-state index contributed by atoms with van der Waals surface area (Å²) in [6.45, 7) is 0. The lowest BCUT2D eigenvalue weighted by molar-refractivity contribution is 0.475. The number of aromatic hydroxyl groups is 1. The number of hydrogen-bond donors (Lipinski definition) is 2. The summed E-state index contributed by atoms with van der Waals surface area (Å²) >= 11 is 0. The Bertz CT molecular complexity index is 830. The van der Waals surface area contributed by atoms with Crippen LogP contribution in [0.1, 0.15) is 0 Å². The first-order chi connectivity index (χ1) is 9.50. The molecule has 104 valence electrons. The van der Waals surface area contributed by atoms with Crippen LogP contribution in [0.15, 0.2) is 46.2 Å². The van der Waals surface area contributed by atoms with Gasteiger partial charge in [0.25, 0.3) is 5.56 Å².